The highest BCUT2D eigenvalue weighted by molar-refractivity contribution is 5.94. The fraction of sp³-hybridized carbons (Fsp3) is 0.318. The molecule has 0 aliphatic heterocycles. The first kappa shape index (κ1) is 23.0. The molecule has 2 rings (SSSR count). The Hall–Kier alpha value is -3.26. The standard InChI is InChI=1S/C22H26FN3O4/c1-3-4-12-30-22(29)16-8-10-18(11-9-16)24-20(27)14-26(2)15-21(28)25-19-7-5-6-17(23)13-19/h5-11,13H,3-4,12,14-15H2,1-2H3,(H,24,27)(H,25,28)/p+1. The third-order valence-corrected chi connectivity index (χ3v) is 4.17. The zero-order valence-electron chi connectivity index (χ0n) is 17.2. The topological polar surface area (TPSA) is 88.9 Å². The van der Waals surface area contributed by atoms with Crippen LogP contribution in [0.5, 0.6) is 0 Å². The maximum absolute atomic E-state index is 13.2. The van der Waals surface area contributed by atoms with E-state index in [1.54, 1.807) is 37.4 Å². The van der Waals surface area contributed by atoms with Gasteiger partial charge in [0.1, 0.15) is 5.82 Å². The monoisotopic (exact) mass is 416 g/mol. The van der Waals surface area contributed by atoms with Crippen molar-refractivity contribution in [2.24, 2.45) is 0 Å². The number of carbonyl (C=O) groups excluding carboxylic acids is 3. The molecular weight excluding hydrogens is 389 g/mol. The van der Waals surface area contributed by atoms with Crippen molar-refractivity contribution < 1.29 is 28.4 Å². The molecule has 0 fully saturated rings. The van der Waals surface area contributed by atoms with E-state index in [2.05, 4.69) is 10.6 Å². The lowest BCUT2D eigenvalue weighted by Gasteiger charge is -2.14. The highest BCUT2D eigenvalue weighted by Gasteiger charge is 2.15. The largest absolute Gasteiger partial charge is 0.462 e. The van der Waals surface area contributed by atoms with Gasteiger partial charge in [-0.1, -0.05) is 19.4 Å². The second-order valence-corrected chi connectivity index (χ2v) is 6.98. The second-order valence-electron chi connectivity index (χ2n) is 6.98. The Labute approximate surface area is 175 Å². The molecule has 2 amide bonds. The Balaban J connectivity index is 1.77. The highest BCUT2D eigenvalue weighted by atomic mass is 19.1. The summed E-state index contributed by atoms with van der Waals surface area (Å²) in [7, 11) is 1.71. The van der Waals surface area contributed by atoms with E-state index in [4.69, 9.17) is 4.74 Å². The Morgan fingerprint density at radius 1 is 0.967 bits per heavy atom. The van der Waals surface area contributed by atoms with Gasteiger partial charge in [0.05, 0.1) is 19.2 Å². The Kier molecular flexibility index (Phi) is 8.96. The van der Waals surface area contributed by atoms with Gasteiger partial charge in [0.25, 0.3) is 11.8 Å². The molecule has 0 aliphatic carbocycles. The lowest BCUT2D eigenvalue weighted by Crippen LogP contribution is -3.11. The Morgan fingerprint density at radius 3 is 2.20 bits per heavy atom. The number of carbonyl (C=O) groups is 3. The van der Waals surface area contributed by atoms with Crippen LogP contribution in [0.3, 0.4) is 0 Å². The number of likely N-dealkylation sites (N-methyl/N-ethyl adjacent to an activating group) is 1. The molecular formula is C22H27FN3O4+. The van der Waals surface area contributed by atoms with Crippen LogP contribution in [0.4, 0.5) is 15.8 Å². The van der Waals surface area contributed by atoms with Crippen molar-refractivity contribution in [1.82, 2.24) is 0 Å². The predicted octanol–water partition coefficient (Wildman–Crippen LogP) is 1.87. The number of benzene rings is 2. The zero-order valence-corrected chi connectivity index (χ0v) is 17.2. The number of quaternary nitrogens is 1. The highest BCUT2D eigenvalue weighted by Crippen LogP contribution is 2.11. The third kappa shape index (κ3) is 8.00. The Morgan fingerprint density at radius 2 is 1.60 bits per heavy atom. The summed E-state index contributed by atoms with van der Waals surface area (Å²) in [6.45, 7) is 2.51. The predicted molar refractivity (Wildman–Crippen MR) is 112 cm³/mol. The van der Waals surface area contributed by atoms with Crippen LogP contribution < -0.4 is 15.5 Å². The number of rotatable bonds is 10. The van der Waals surface area contributed by atoms with Crippen molar-refractivity contribution in [3.8, 4) is 0 Å². The minimum Gasteiger partial charge on any atom is -0.462 e. The molecule has 2 aromatic rings. The van der Waals surface area contributed by atoms with Crippen molar-refractivity contribution in [2.45, 2.75) is 19.8 Å². The quantitative estimate of drug-likeness (QED) is 0.408. The van der Waals surface area contributed by atoms with Gasteiger partial charge < -0.3 is 20.3 Å². The van der Waals surface area contributed by atoms with Gasteiger partial charge >= 0.3 is 5.97 Å². The molecule has 8 heteroatoms. The number of nitrogens with one attached hydrogen (secondary N) is 3. The lowest BCUT2D eigenvalue weighted by molar-refractivity contribution is -0.862. The molecule has 7 nitrogen and oxygen atoms in total. The first-order valence-corrected chi connectivity index (χ1v) is 9.81. The number of hydrogen-bond acceptors (Lipinski definition) is 4. The molecule has 1 unspecified atom stereocenters. The normalized spacial score (nSPS) is 11.4. The molecule has 30 heavy (non-hydrogen) atoms. The molecule has 0 saturated carbocycles. The van der Waals surface area contributed by atoms with E-state index in [1.165, 1.54) is 18.2 Å². The molecule has 0 heterocycles. The van der Waals surface area contributed by atoms with Crippen LogP contribution in [-0.2, 0) is 14.3 Å². The van der Waals surface area contributed by atoms with Crippen LogP contribution in [0.25, 0.3) is 0 Å². The van der Waals surface area contributed by atoms with Gasteiger partial charge in [-0.25, -0.2) is 9.18 Å². The van der Waals surface area contributed by atoms with Crippen molar-refractivity contribution in [3.63, 3.8) is 0 Å². The molecule has 0 aromatic heterocycles. The average Bonchev–Trinajstić information content (AvgIpc) is 2.68. The second kappa shape index (κ2) is 11.7. The lowest BCUT2D eigenvalue weighted by atomic mass is 10.2. The van der Waals surface area contributed by atoms with Crippen LogP contribution in [0, 0.1) is 5.82 Å². The third-order valence-electron chi connectivity index (χ3n) is 4.17. The average molecular weight is 416 g/mol. The first-order chi connectivity index (χ1) is 14.4. The van der Waals surface area contributed by atoms with E-state index in [9.17, 15) is 18.8 Å². The number of amides is 2. The molecule has 1 atom stereocenters. The minimum absolute atomic E-state index is 0.0481. The first-order valence-electron chi connectivity index (χ1n) is 9.81. The van der Waals surface area contributed by atoms with Crippen molar-refractivity contribution >= 4 is 29.2 Å². The van der Waals surface area contributed by atoms with Crippen LogP contribution in [0.1, 0.15) is 30.1 Å². The summed E-state index contributed by atoms with van der Waals surface area (Å²) >= 11 is 0. The molecule has 3 N–H and O–H groups in total. The van der Waals surface area contributed by atoms with E-state index in [-0.39, 0.29) is 24.9 Å². The van der Waals surface area contributed by atoms with Gasteiger partial charge in [-0.05, 0) is 48.9 Å². The Bertz CT molecular complexity index is 871. The number of anilines is 2. The van der Waals surface area contributed by atoms with Gasteiger partial charge in [-0.3, -0.25) is 9.59 Å². The fourth-order valence-electron chi connectivity index (χ4n) is 2.67. The summed E-state index contributed by atoms with van der Waals surface area (Å²) in [5.41, 5.74) is 1.33. The van der Waals surface area contributed by atoms with E-state index < -0.39 is 11.8 Å². The van der Waals surface area contributed by atoms with E-state index in [0.29, 0.717) is 28.4 Å². The number of ether oxygens (including phenoxy) is 1. The van der Waals surface area contributed by atoms with E-state index >= 15 is 0 Å². The number of halogens is 1. The van der Waals surface area contributed by atoms with Crippen molar-refractivity contribution in [2.75, 3.05) is 37.4 Å². The molecule has 0 aliphatic rings. The summed E-state index contributed by atoms with van der Waals surface area (Å²) in [4.78, 5) is 36.8. The van der Waals surface area contributed by atoms with E-state index in [0.717, 1.165) is 12.8 Å². The summed E-state index contributed by atoms with van der Waals surface area (Å²) in [5, 5.41) is 5.32. The molecule has 0 radical (unpaired) electrons. The minimum atomic E-state index is -0.437. The van der Waals surface area contributed by atoms with Gasteiger partial charge in [-0.15, -0.1) is 0 Å². The fourth-order valence-corrected chi connectivity index (χ4v) is 2.67. The summed E-state index contributed by atoms with van der Waals surface area (Å²) in [5.74, 6) is -1.43. The van der Waals surface area contributed by atoms with Gasteiger partial charge in [0.15, 0.2) is 13.1 Å². The molecule has 0 spiro atoms. The van der Waals surface area contributed by atoms with Crippen LogP contribution in [0.2, 0.25) is 0 Å². The zero-order chi connectivity index (χ0) is 21.9. The summed E-state index contributed by atoms with van der Waals surface area (Å²) < 4.78 is 18.3. The van der Waals surface area contributed by atoms with Crippen LogP contribution in [0.15, 0.2) is 48.5 Å². The SMILES string of the molecule is CCCCOC(=O)c1ccc(NC(=O)C[NH+](C)CC(=O)Nc2cccc(F)c2)cc1. The number of hydrogen-bond donors (Lipinski definition) is 3. The maximum atomic E-state index is 13.2. The van der Waals surface area contributed by atoms with Crippen LogP contribution >= 0.6 is 0 Å². The summed E-state index contributed by atoms with van der Waals surface area (Å²) in [6.07, 6.45) is 1.76. The number of unbranched alkanes of at least 4 members (excludes halogenated alkanes) is 1. The number of esters is 1. The van der Waals surface area contributed by atoms with Gasteiger partial charge in [0.2, 0.25) is 0 Å². The summed E-state index contributed by atoms with van der Waals surface area (Å²) in [6, 6.07) is 12.0. The van der Waals surface area contributed by atoms with Gasteiger partial charge in [0, 0.05) is 11.4 Å². The molecule has 0 bridgehead atoms. The molecule has 2 aromatic carbocycles. The maximum Gasteiger partial charge on any atom is 0.338 e. The van der Waals surface area contributed by atoms with Crippen molar-refractivity contribution in [1.29, 1.82) is 0 Å². The van der Waals surface area contributed by atoms with E-state index in [1.807, 2.05) is 6.92 Å². The molecule has 160 valence electrons. The van der Waals surface area contributed by atoms with Gasteiger partial charge in [-0.2, -0.15) is 0 Å². The van der Waals surface area contributed by atoms with Crippen LogP contribution in [-0.4, -0.2) is 44.5 Å². The smallest absolute Gasteiger partial charge is 0.338 e. The van der Waals surface area contributed by atoms with Crippen molar-refractivity contribution in [3.05, 3.63) is 59.9 Å². The molecule has 0 saturated heterocycles.